The minimum Gasteiger partial charge on any atom is -0.322 e. The van der Waals surface area contributed by atoms with Crippen molar-refractivity contribution in [3.05, 3.63) is 65.9 Å². The smallest absolute Gasteiger partial charge is 0.321 e. The highest BCUT2D eigenvalue weighted by molar-refractivity contribution is 7.89. The molecule has 4 rings (SSSR count). The number of aromatic nitrogens is 1. The molecule has 0 saturated carbocycles. The molecule has 1 saturated heterocycles. The topological polar surface area (TPSA) is 82.6 Å². The summed E-state index contributed by atoms with van der Waals surface area (Å²) in [4.78, 5) is 18.9. The highest BCUT2D eigenvalue weighted by Crippen LogP contribution is 2.25. The number of nitrogens with one attached hydrogen (secondary N) is 1. The summed E-state index contributed by atoms with van der Waals surface area (Å²) in [6, 6.07) is 14.8. The molecule has 2 heterocycles. The van der Waals surface area contributed by atoms with Crippen LogP contribution in [0.2, 0.25) is 0 Å². The number of aryl methyl sites for hydroxylation is 2. The highest BCUT2D eigenvalue weighted by Gasteiger charge is 2.31. The number of sulfonamides is 1. The number of carbonyl (C=O) groups is 1. The number of pyridine rings is 1. The fourth-order valence-corrected chi connectivity index (χ4v) is 5.56. The largest absolute Gasteiger partial charge is 0.322 e. The number of urea groups is 1. The van der Waals surface area contributed by atoms with Gasteiger partial charge in [0.2, 0.25) is 10.0 Å². The lowest BCUT2D eigenvalue weighted by Gasteiger charge is -2.34. The molecule has 0 aliphatic carbocycles. The van der Waals surface area contributed by atoms with Crippen LogP contribution in [0.4, 0.5) is 10.5 Å². The van der Waals surface area contributed by atoms with E-state index in [2.05, 4.69) is 17.2 Å². The number of piperazine rings is 1. The van der Waals surface area contributed by atoms with Gasteiger partial charge in [0.1, 0.15) is 4.90 Å². The summed E-state index contributed by atoms with van der Waals surface area (Å²) < 4.78 is 28.0. The van der Waals surface area contributed by atoms with E-state index in [9.17, 15) is 13.2 Å². The third-order valence-corrected chi connectivity index (χ3v) is 7.63. The molecule has 1 aromatic heterocycles. The van der Waals surface area contributed by atoms with Crippen molar-refractivity contribution in [2.75, 3.05) is 31.5 Å². The van der Waals surface area contributed by atoms with Crippen molar-refractivity contribution >= 4 is 32.6 Å². The van der Waals surface area contributed by atoms with Gasteiger partial charge in [-0.2, -0.15) is 4.31 Å². The van der Waals surface area contributed by atoms with E-state index in [0.717, 1.165) is 29.5 Å². The number of carbonyl (C=O) groups excluding carboxylic acids is 1. The first kappa shape index (κ1) is 22.2. The van der Waals surface area contributed by atoms with E-state index in [-0.39, 0.29) is 24.0 Å². The van der Waals surface area contributed by atoms with Crippen molar-refractivity contribution in [2.45, 2.75) is 31.6 Å². The van der Waals surface area contributed by atoms with Crippen molar-refractivity contribution in [1.82, 2.24) is 14.2 Å². The number of amides is 2. The summed E-state index contributed by atoms with van der Waals surface area (Å²) in [6.45, 7) is 5.21. The Morgan fingerprint density at radius 1 is 1.06 bits per heavy atom. The molecule has 2 aromatic carbocycles. The first-order valence-electron chi connectivity index (χ1n) is 10.9. The number of hydrogen-bond acceptors (Lipinski definition) is 4. The van der Waals surface area contributed by atoms with E-state index in [0.29, 0.717) is 18.6 Å². The summed E-state index contributed by atoms with van der Waals surface area (Å²) in [5.41, 5.74) is 3.43. The van der Waals surface area contributed by atoms with Crippen LogP contribution in [0.25, 0.3) is 10.9 Å². The molecule has 1 aliphatic rings. The second-order valence-electron chi connectivity index (χ2n) is 8.11. The Bertz CT molecular complexity index is 1220. The van der Waals surface area contributed by atoms with Gasteiger partial charge < -0.3 is 10.2 Å². The van der Waals surface area contributed by atoms with E-state index in [1.54, 1.807) is 23.2 Å². The Hall–Kier alpha value is -2.97. The molecule has 7 nitrogen and oxygen atoms in total. The maximum absolute atomic E-state index is 13.3. The van der Waals surface area contributed by atoms with Gasteiger partial charge in [-0.05, 0) is 48.7 Å². The lowest BCUT2D eigenvalue weighted by Crippen LogP contribution is -2.51. The van der Waals surface area contributed by atoms with E-state index in [1.165, 1.54) is 9.87 Å². The van der Waals surface area contributed by atoms with Gasteiger partial charge in [-0.15, -0.1) is 0 Å². The first-order chi connectivity index (χ1) is 15.4. The molecule has 0 radical (unpaired) electrons. The van der Waals surface area contributed by atoms with Gasteiger partial charge in [0, 0.05) is 43.4 Å². The summed E-state index contributed by atoms with van der Waals surface area (Å²) in [7, 11) is -3.71. The van der Waals surface area contributed by atoms with Crippen molar-refractivity contribution < 1.29 is 13.2 Å². The molecular formula is C24H28N4O3S. The summed E-state index contributed by atoms with van der Waals surface area (Å²) >= 11 is 0. The molecular weight excluding hydrogens is 424 g/mol. The van der Waals surface area contributed by atoms with Crippen LogP contribution in [0.15, 0.2) is 59.6 Å². The van der Waals surface area contributed by atoms with Crippen molar-refractivity contribution in [2.24, 2.45) is 0 Å². The number of nitrogens with zero attached hydrogens (tertiary/aromatic N) is 3. The number of para-hydroxylation sites is 1. The average Bonchev–Trinajstić information content (AvgIpc) is 2.80. The highest BCUT2D eigenvalue weighted by atomic mass is 32.2. The van der Waals surface area contributed by atoms with Crippen molar-refractivity contribution in [3.63, 3.8) is 0 Å². The van der Waals surface area contributed by atoms with Gasteiger partial charge in [-0.25, -0.2) is 13.2 Å². The maximum atomic E-state index is 13.3. The van der Waals surface area contributed by atoms with Gasteiger partial charge in [-0.3, -0.25) is 4.98 Å². The molecule has 3 aromatic rings. The Kier molecular flexibility index (Phi) is 6.43. The zero-order chi connectivity index (χ0) is 22.7. The van der Waals surface area contributed by atoms with Crippen molar-refractivity contribution in [3.8, 4) is 0 Å². The standard InChI is InChI=1S/C24H28N4O3S/c1-3-5-19-8-10-21(11-9-19)26-24(29)27-12-14-28(15-13-27)32(30,31)22-7-4-6-20-16-18(2)17-25-23(20)22/h4,6-11,16-17H,3,5,12-15H2,1-2H3,(H,26,29). The number of hydrogen-bond donors (Lipinski definition) is 1. The fourth-order valence-electron chi connectivity index (χ4n) is 3.97. The van der Waals surface area contributed by atoms with Crippen LogP contribution in [-0.4, -0.2) is 54.8 Å². The van der Waals surface area contributed by atoms with E-state index >= 15 is 0 Å². The Balaban J connectivity index is 1.42. The Morgan fingerprint density at radius 2 is 1.78 bits per heavy atom. The number of benzene rings is 2. The average molecular weight is 453 g/mol. The van der Waals surface area contributed by atoms with Crippen LogP contribution in [-0.2, 0) is 16.4 Å². The van der Waals surface area contributed by atoms with Crippen molar-refractivity contribution in [1.29, 1.82) is 0 Å². The number of fused-ring (bicyclic) bond motifs is 1. The van der Waals surface area contributed by atoms with Crippen LogP contribution in [0.1, 0.15) is 24.5 Å². The quantitative estimate of drug-likeness (QED) is 0.634. The molecule has 168 valence electrons. The summed E-state index contributed by atoms with van der Waals surface area (Å²) in [6.07, 6.45) is 3.77. The molecule has 1 N–H and O–H groups in total. The van der Waals surface area contributed by atoms with Gasteiger partial charge in [0.15, 0.2) is 0 Å². The zero-order valence-corrected chi connectivity index (χ0v) is 19.2. The molecule has 0 bridgehead atoms. The molecule has 1 aliphatic heterocycles. The third-order valence-electron chi connectivity index (χ3n) is 5.70. The monoisotopic (exact) mass is 452 g/mol. The van der Waals surface area contributed by atoms with E-state index in [1.807, 2.05) is 43.3 Å². The molecule has 32 heavy (non-hydrogen) atoms. The Morgan fingerprint density at radius 3 is 2.47 bits per heavy atom. The fraction of sp³-hybridized carbons (Fsp3) is 0.333. The second kappa shape index (κ2) is 9.26. The normalized spacial score (nSPS) is 15.1. The second-order valence-corrected chi connectivity index (χ2v) is 10.0. The van der Waals surface area contributed by atoms with Crippen LogP contribution in [0.3, 0.4) is 0 Å². The molecule has 2 amide bonds. The van der Waals surface area contributed by atoms with E-state index < -0.39 is 10.0 Å². The first-order valence-corrected chi connectivity index (χ1v) is 12.3. The predicted molar refractivity (Wildman–Crippen MR) is 126 cm³/mol. The van der Waals surface area contributed by atoms with E-state index in [4.69, 9.17) is 0 Å². The van der Waals surface area contributed by atoms with Crippen LogP contribution >= 0.6 is 0 Å². The SMILES string of the molecule is CCCc1ccc(NC(=O)N2CCN(S(=O)(=O)c3cccc4cc(C)cnc34)CC2)cc1. The summed E-state index contributed by atoms with van der Waals surface area (Å²) in [5.74, 6) is 0. The zero-order valence-electron chi connectivity index (χ0n) is 18.4. The van der Waals surface area contributed by atoms with Crippen LogP contribution in [0, 0.1) is 6.92 Å². The van der Waals surface area contributed by atoms with Gasteiger partial charge in [0.25, 0.3) is 0 Å². The minimum atomic E-state index is -3.71. The predicted octanol–water partition coefficient (Wildman–Crippen LogP) is 4.03. The van der Waals surface area contributed by atoms with Gasteiger partial charge in [-0.1, -0.05) is 37.6 Å². The number of rotatable bonds is 5. The van der Waals surface area contributed by atoms with Gasteiger partial charge in [0.05, 0.1) is 5.52 Å². The third kappa shape index (κ3) is 4.61. The maximum Gasteiger partial charge on any atom is 0.321 e. The molecule has 1 fully saturated rings. The molecule has 0 spiro atoms. The summed E-state index contributed by atoms with van der Waals surface area (Å²) in [5, 5.41) is 3.70. The lowest BCUT2D eigenvalue weighted by atomic mass is 10.1. The van der Waals surface area contributed by atoms with Crippen LogP contribution < -0.4 is 5.32 Å². The van der Waals surface area contributed by atoms with Gasteiger partial charge >= 0.3 is 6.03 Å². The number of anilines is 1. The molecule has 0 unspecified atom stereocenters. The van der Waals surface area contributed by atoms with Crippen LogP contribution in [0.5, 0.6) is 0 Å². The Labute approximate surface area is 189 Å². The lowest BCUT2D eigenvalue weighted by molar-refractivity contribution is 0.184. The molecule has 8 heteroatoms. The minimum absolute atomic E-state index is 0.208. The molecule has 0 atom stereocenters.